The Bertz CT molecular complexity index is 1030. The predicted octanol–water partition coefficient (Wildman–Crippen LogP) is 5.02. The van der Waals surface area contributed by atoms with Crippen LogP contribution < -0.4 is 10.5 Å². The lowest BCUT2D eigenvalue weighted by molar-refractivity contribution is -0.142. The number of ether oxygens (including phenoxy) is 2. The summed E-state index contributed by atoms with van der Waals surface area (Å²) in [5, 5.41) is 0.635. The number of nitrogens with zero attached hydrogens (tertiary/aromatic N) is 1. The minimum absolute atomic E-state index is 0.00233. The molecule has 0 aliphatic carbocycles. The van der Waals surface area contributed by atoms with Crippen molar-refractivity contribution in [3.8, 4) is 5.75 Å². The quantitative estimate of drug-likeness (QED) is 0.610. The number of hydrogen-bond donors (Lipinski definition) is 1. The Balaban J connectivity index is 1.48. The maximum absolute atomic E-state index is 13.0. The van der Waals surface area contributed by atoms with Gasteiger partial charge in [-0.2, -0.15) is 13.2 Å². The van der Waals surface area contributed by atoms with Gasteiger partial charge in [0.25, 0.3) is 0 Å². The van der Waals surface area contributed by atoms with Crippen molar-refractivity contribution in [1.29, 1.82) is 0 Å². The second kappa shape index (κ2) is 9.76. The minimum Gasteiger partial charge on any atom is -0.489 e. The standard InChI is InChI=1S/C25H28ClF3N2O3/c1-16(17-4-2-6-19(26)12-17)22-14-24(23(30)32,9-11-33-22)31-10-8-21(15-31)34-20-7-3-5-18(13-20)25(27,28)29/h2-7,12-13,16,21-22H,8-11,14-15H2,1H3,(H2,30,32)/t16-,21+,22?,24?/m0/s1. The molecule has 1 amide bonds. The summed E-state index contributed by atoms with van der Waals surface area (Å²) in [5.74, 6) is -0.259. The van der Waals surface area contributed by atoms with Crippen LogP contribution in [0.3, 0.4) is 0 Å². The van der Waals surface area contributed by atoms with Crippen molar-refractivity contribution in [2.45, 2.75) is 56.0 Å². The van der Waals surface area contributed by atoms with Crippen LogP contribution in [0.4, 0.5) is 13.2 Å². The van der Waals surface area contributed by atoms with E-state index in [-0.39, 0.29) is 23.9 Å². The van der Waals surface area contributed by atoms with Crippen molar-refractivity contribution in [2.24, 2.45) is 5.73 Å². The summed E-state index contributed by atoms with van der Waals surface area (Å²) in [6.07, 6.45) is -3.55. The fourth-order valence-corrected chi connectivity index (χ4v) is 5.22. The van der Waals surface area contributed by atoms with Crippen LogP contribution in [-0.4, -0.2) is 48.3 Å². The lowest BCUT2D eigenvalue weighted by Gasteiger charge is -2.46. The van der Waals surface area contributed by atoms with E-state index in [2.05, 4.69) is 0 Å². The lowest BCUT2D eigenvalue weighted by atomic mass is 9.79. The number of alkyl halides is 3. The van der Waals surface area contributed by atoms with Gasteiger partial charge >= 0.3 is 6.18 Å². The third kappa shape index (κ3) is 5.19. The molecular weight excluding hydrogens is 469 g/mol. The molecule has 4 rings (SSSR count). The Morgan fingerprint density at radius 1 is 1.26 bits per heavy atom. The predicted molar refractivity (Wildman–Crippen MR) is 123 cm³/mol. The molecule has 2 aromatic carbocycles. The van der Waals surface area contributed by atoms with E-state index in [1.165, 1.54) is 12.1 Å². The zero-order chi connectivity index (χ0) is 24.5. The molecule has 4 atom stereocenters. The molecule has 34 heavy (non-hydrogen) atoms. The summed E-state index contributed by atoms with van der Waals surface area (Å²) in [6, 6.07) is 12.4. The van der Waals surface area contributed by atoms with Crippen LogP contribution in [0.2, 0.25) is 5.02 Å². The largest absolute Gasteiger partial charge is 0.489 e. The second-order valence-corrected chi connectivity index (χ2v) is 9.54. The van der Waals surface area contributed by atoms with E-state index in [1.807, 2.05) is 36.1 Å². The fraction of sp³-hybridized carbons (Fsp3) is 0.480. The van der Waals surface area contributed by atoms with E-state index in [1.54, 1.807) is 0 Å². The first-order valence-corrected chi connectivity index (χ1v) is 11.7. The number of benzene rings is 2. The average molecular weight is 497 g/mol. The first kappa shape index (κ1) is 24.8. The summed E-state index contributed by atoms with van der Waals surface area (Å²) < 4.78 is 51.0. The number of halogens is 4. The third-order valence-electron chi connectivity index (χ3n) is 6.99. The molecule has 0 saturated carbocycles. The van der Waals surface area contributed by atoms with E-state index in [0.717, 1.165) is 17.7 Å². The molecule has 184 valence electrons. The molecule has 0 spiro atoms. The summed E-state index contributed by atoms with van der Waals surface area (Å²) in [5.41, 5.74) is 5.31. The van der Waals surface area contributed by atoms with E-state index in [9.17, 15) is 18.0 Å². The van der Waals surface area contributed by atoms with Gasteiger partial charge in [-0.3, -0.25) is 9.69 Å². The number of carbonyl (C=O) groups excluding carboxylic acids is 1. The highest BCUT2D eigenvalue weighted by Crippen LogP contribution is 2.39. The molecule has 2 aromatic rings. The van der Waals surface area contributed by atoms with Gasteiger partial charge in [-0.15, -0.1) is 0 Å². The number of primary amides is 1. The first-order valence-electron chi connectivity index (χ1n) is 11.3. The van der Waals surface area contributed by atoms with Gasteiger partial charge in [-0.05, 0) is 48.7 Å². The Morgan fingerprint density at radius 3 is 2.74 bits per heavy atom. The number of amides is 1. The molecule has 2 fully saturated rings. The topological polar surface area (TPSA) is 64.8 Å². The van der Waals surface area contributed by atoms with Crippen LogP contribution in [0.1, 0.15) is 43.2 Å². The smallest absolute Gasteiger partial charge is 0.416 e. The van der Waals surface area contributed by atoms with Crippen LogP contribution in [0.25, 0.3) is 0 Å². The van der Waals surface area contributed by atoms with E-state index in [4.69, 9.17) is 26.8 Å². The summed E-state index contributed by atoms with van der Waals surface area (Å²) >= 11 is 6.16. The number of hydrogen-bond acceptors (Lipinski definition) is 4. The molecule has 0 radical (unpaired) electrons. The fourth-order valence-electron chi connectivity index (χ4n) is 5.02. The van der Waals surface area contributed by atoms with Crippen molar-refractivity contribution < 1.29 is 27.4 Å². The molecule has 0 aromatic heterocycles. The SMILES string of the molecule is C[C@@H](c1cccc(Cl)c1)C1CC(C(N)=O)(N2CC[C@@H](Oc3cccc(C(F)(F)F)c3)C2)CCO1. The Morgan fingerprint density at radius 2 is 2.03 bits per heavy atom. The molecule has 2 aliphatic rings. The van der Waals surface area contributed by atoms with E-state index in [0.29, 0.717) is 44.0 Å². The molecule has 2 heterocycles. The van der Waals surface area contributed by atoms with Crippen molar-refractivity contribution in [3.05, 3.63) is 64.7 Å². The van der Waals surface area contributed by atoms with Gasteiger partial charge < -0.3 is 15.2 Å². The zero-order valence-electron chi connectivity index (χ0n) is 18.9. The number of carbonyl (C=O) groups is 1. The van der Waals surface area contributed by atoms with Gasteiger partial charge in [0, 0.05) is 37.1 Å². The van der Waals surface area contributed by atoms with Gasteiger partial charge in [0.05, 0.1) is 11.7 Å². The van der Waals surface area contributed by atoms with Crippen LogP contribution in [0.15, 0.2) is 48.5 Å². The molecule has 2 unspecified atom stereocenters. The Hall–Kier alpha value is -2.29. The molecule has 5 nitrogen and oxygen atoms in total. The van der Waals surface area contributed by atoms with Gasteiger partial charge in [-0.1, -0.05) is 36.7 Å². The Labute approximate surface area is 202 Å². The second-order valence-electron chi connectivity index (χ2n) is 9.10. The van der Waals surface area contributed by atoms with Gasteiger partial charge in [0.15, 0.2) is 0 Å². The molecule has 9 heteroatoms. The lowest BCUT2D eigenvalue weighted by Crippen LogP contribution is -2.61. The van der Waals surface area contributed by atoms with Gasteiger partial charge in [0.1, 0.15) is 17.4 Å². The highest BCUT2D eigenvalue weighted by molar-refractivity contribution is 6.30. The number of nitrogens with two attached hydrogens (primary N) is 1. The van der Waals surface area contributed by atoms with E-state index >= 15 is 0 Å². The molecule has 2 N–H and O–H groups in total. The molecule has 2 aliphatic heterocycles. The van der Waals surface area contributed by atoms with Crippen LogP contribution >= 0.6 is 11.6 Å². The van der Waals surface area contributed by atoms with Crippen LogP contribution in [0, 0.1) is 0 Å². The van der Waals surface area contributed by atoms with Crippen molar-refractivity contribution in [3.63, 3.8) is 0 Å². The van der Waals surface area contributed by atoms with Crippen molar-refractivity contribution >= 4 is 17.5 Å². The highest BCUT2D eigenvalue weighted by Gasteiger charge is 2.50. The Kier molecular flexibility index (Phi) is 7.12. The van der Waals surface area contributed by atoms with Gasteiger partial charge in [-0.25, -0.2) is 0 Å². The van der Waals surface area contributed by atoms with Crippen LogP contribution in [-0.2, 0) is 15.7 Å². The normalized spacial score (nSPS) is 26.9. The third-order valence-corrected chi connectivity index (χ3v) is 7.23. The highest BCUT2D eigenvalue weighted by atomic mass is 35.5. The number of rotatable bonds is 6. The monoisotopic (exact) mass is 496 g/mol. The average Bonchev–Trinajstić information content (AvgIpc) is 3.27. The van der Waals surface area contributed by atoms with Crippen LogP contribution in [0.5, 0.6) is 5.75 Å². The van der Waals surface area contributed by atoms with Gasteiger partial charge in [0.2, 0.25) is 5.91 Å². The summed E-state index contributed by atoms with van der Waals surface area (Å²) in [7, 11) is 0. The minimum atomic E-state index is -4.44. The maximum Gasteiger partial charge on any atom is 0.416 e. The van der Waals surface area contributed by atoms with Crippen molar-refractivity contribution in [1.82, 2.24) is 4.90 Å². The summed E-state index contributed by atoms with van der Waals surface area (Å²) in [6.45, 7) is 3.38. The molecule has 0 bridgehead atoms. The van der Waals surface area contributed by atoms with E-state index < -0.39 is 23.2 Å². The summed E-state index contributed by atoms with van der Waals surface area (Å²) in [4.78, 5) is 14.8. The maximum atomic E-state index is 13.0. The molecule has 2 saturated heterocycles. The molecular formula is C25H28ClF3N2O3. The first-order chi connectivity index (χ1) is 16.1. The zero-order valence-corrected chi connectivity index (χ0v) is 19.6. The van der Waals surface area contributed by atoms with Crippen molar-refractivity contribution in [2.75, 3.05) is 19.7 Å². The number of likely N-dealkylation sites (tertiary alicyclic amines) is 1.